The Hall–Kier alpha value is -1.16. The zero-order valence-electron chi connectivity index (χ0n) is 11.9. The summed E-state index contributed by atoms with van der Waals surface area (Å²) in [6.45, 7) is 8.83. The molecule has 1 aliphatic rings. The Morgan fingerprint density at radius 2 is 2.00 bits per heavy atom. The molecule has 2 rings (SSSR count). The molecule has 2 atom stereocenters. The Kier molecular flexibility index (Phi) is 4.40. The van der Waals surface area contributed by atoms with Gasteiger partial charge in [0.15, 0.2) is 0 Å². The number of nitrogens with zero attached hydrogens (tertiary/aromatic N) is 1. The Morgan fingerprint density at radius 3 is 2.53 bits per heavy atom. The van der Waals surface area contributed by atoms with E-state index in [0.717, 1.165) is 35.0 Å². The molecular weight excluding hydrogens is 254 g/mol. The van der Waals surface area contributed by atoms with Crippen molar-refractivity contribution in [2.45, 2.75) is 25.7 Å². The molecule has 1 fully saturated rings. The van der Waals surface area contributed by atoms with Crippen LogP contribution in [0, 0.1) is 17.2 Å². The molecule has 4 heteroatoms. The van der Waals surface area contributed by atoms with Gasteiger partial charge in [0, 0.05) is 23.7 Å². The number of anilines is 1. The molecule has 0 aliphatic carbocycles. The second-order valence-electron chi connectivity index (χ2n) is 5.36. The van der Waals surface area contributed by atoms with E-state index in [1.165, 1.54) is 0 Å². The van der Waals surface area contributed by atoms with Crippen LogP contribution < -0.4 is 10.6 Å². The number of thioether (sulfide) groups is 1. The van der Waals surface area contributed by atoms with E-state index in [0.29, 0.717) is 11.8 Å². The molecule has 0 spiro atoms. The average Bonchev–Trinajstić information content (AvgIpc) is 2.69. The highest BCUT2D eigenvalue weighted by Gasteiger charge is 2.28. The first-order valence-corrected chi connectivity index (χ1v) is 7.88. The normalized spacial score (nSPS) is 22.8. The fourth-order valence-corrected chi connectivity index (χ4v) is 3.50. The lowest BCUT2D eigenvalue weighted by atomic mass is 10.0. The first-order valence-electron chi connectivity index (χ1n) is 6.89. The summed E-state index contributed by atoms with van der Waals surface area (Å²) in [7, 11) is 0. The quantitative estimate of drug-likeness (QED) is 0.505. The van der Waals surface area contributed by atoms with Crippen LogP contribution in [0.5, 0.6) is 0 Å². The van der Waals surface area contributed by atoms with Crippen molar-refractivity contribution in [3.8, 4) is 0 Å². The zero-order valence-corrected chi connectivity index (χ0v) is 12.8. The van der Waals surface area contributed by atoms with Crippen LogP contribution in [0.2, 0.25) is 0 Å². The maximum absolute atomic E-state index is 7.90. The van der Waals surface area contributed by atoms with Gasteiger partial charge in [0.2, 0.25) is 0 Å². The SMILES string of the molecule is CCSc1cccc(N2CC(C)C(C)C2)c1C(=N)N. The van der Waals surface area contributed by atoms with Crippen molar-refractivity contribution in [1.29, 1.82) is 5.41 Å². The lowest BCUT2D eigenvalue weighted by Gasteiger charge is -2.23. The molecule has 0 radical (unpaired) electrons. The molecule has 3 N–H and O–H groups in total. The van der Waals surface area contributed by atoms with Crippen molar-refractivity contribution in [1.82, 2.24) is 0 Å². The van der Waals surface area contributed by atoms with Gasteiger partial charge in [0.05, 0.1) is 5.56 Å². The highest BCUT2D eigenvalue weighted by molar-refractivity contribution is 7.99. The van der Waals surface area contributed by atoms with Gasteiger partial charge < -0.3 is 10.6 Å². The first-order chi connectivity index (χ1) is 9.04. The Labute approximate surface area is 120 Å². The van der Waals surface area contributed by atoms with Gasteiger partial charge in [-0.1, -0.05) is 26.8 Å². The minimum atomic E-state index is 0.179. The van der Waals surface area contributed by atoms with Crippen LogP contribution in [0.25, 0.3) is 0 Å². The summed E-state index contributed by atoms with van der Waals surface area (Å²) >= 11 is 1.76. The van der Waals surface area contributed by atoms with Gasteiger partial charge in [-0.05, 0) is 29.7 Å². The predicted molar refractivity (Wildman–Crippen MR) is 84.4 cm³/mol. The minimum absolute atomic E-state index is 0.179. The third kappa shape index (κ3) is 2.89. The largest absolute Gasteiger partial charge is 0.384 e. The van der Waals surface area contributed by atoms with E-state index in [2.05, 4.69) is 43.9 Å². The number of hydrogen-bond acceptors (Lipinski definition) is 3. The number of benzene rings is 1. The molecule has 104 valence electrons. The van der Waals surface area contributed by atoms with Crippen molar-refractivity contribution < 1.29 is 0 Å². The van der Waals surface area contributed by atoms with Crippen molar-refractivity contribution >= 4 is 23.3 Å². The highest BCUT2D eigenvalue weighted by Crippen LogP contribution is 2.34. The van der Waals surface area contributed by atoms with Crippen LogP contribution in [0.3, 0.4) is 0 Å². The summed E-state index contributed by atoms with van der Waals surface area (Å²) in [6, 6.07) is 6.24. The van der Waals surface area contributed by atoms with Gasteiger partial charge >= 0.3 is 0 Å². The van der Waals surface area contributed by atoms with Crippen LogP contribution in [-0.4, -0.2) is 24.7 Å². The highest BCUT2D eigenvalue weighted by atomic mass is 32.2. The monoisotopic (exact) mass is 277 g/mol. The van der Waals surface area contributed by atoms with Gasteiger partial charge in [0.25, 0.3) is 0 Å². The number of nitrogens with two attached hydrogens (primary N) is 1. The van der Waals surface area contributed by atoms with Gasteiger partial charge in [-0.15, -0.1) is 11.8 Å². The molecule has 1 aromatic rings. The van der Waals surface area contributed by atoms with Gasteiger partial charge in [-0.25, -0.2) is 0 Å². The summed E-state index contributed by atoms with van der Waals surface area (Å²) in [5.41, 5.74) is 7.87. The number of rotatable bonds is 4. The van der Waals surface area contributed by atoms with E-state index >= 15 is 0 Å². The van der Waals surface area contributed by atoms with Crippen molar-refractivity contribution in [2.24, 2.45) is 17.6 Å². The summed E-state index contributed by atoms with van der Waals surface area (Å²) in [5.74, 6) is 2.57. The van der Waals surface area contributed by atoms with E-state index in [1.54, 1.807) is 11.8 Å². The smallest absolute Gasteiger partial charge is 0.126 e. The summed E-state index contributed by atoms with van der Waals surface area (Å²) in [6.07, 6.45) is 0. The summed E-state index contributed by atoms with van der Waals surface area (Å²) in [5, 5.41) is 7.90. The summed E-state index contributed by atoms with van der Waals surface area (Å²) < 4.78 is 0. The van der Waals surface area contributed by atoms with Crippen LogP contribution >= 0.6 is 11.8 Å². The van der Waals surface area contributed by atoms with Crippen molar-refractivity contribution in [3.63, 3.8) is 0 Å². The Balaban J connectivity index is 2.40. The summed E-state index contributed by atoms with van der Waals surface area (Å²) in [4.78, 5) is 3.51. The minimum Gasteiger partial charge on any atom is -0.384 e. The average molecular weight is 277 g/mol. The van der Waals surface area contributed by atoms with Gasteiger partial charge in [-0.2, -0.15) is 0 Å². The molecule has 1 aliphatic heterocycles. The Morgan fingerprint density at radius 1 is 1.37 bits per heavy atom. The molecule has 0 bridgehead atoms. The molecule has 0 aromatic heterocycles. The molecule has 1 aromatic carbocycles. The fraction of sp³-hybridized carbons (Fsp3) is 0.533. The second-order valence-corrected chi connectivity index (χ2v) is 6.66. The number of amidine groups is 1. The van der Waals surface area contributed by atoms with Gasteiger partial charge in [-0.3, -0.25) is 5.41 Å². The van der Waals surface area contributed by atoms with Crippen LogP contribution in [0.4, 0.5) is 5.69 Å². The van der Waals surface area contributed by atoms with Crippen molar-refractivity contribution in [2.75, 3.05) is 23.7 Å². The zero-order chi connectivity index (χ0) is 14.0. The topological polar surface area (TPSA) is 53.1 Å². The maximum atomic E-state index is 7.90. The molecule has 0 saturated carbocycles. The second kappa shape index (κ2) is 5.87. The molecule has 1 heterocycles. The number of nitrogens with one attached hydrogen (secondary N) is 1. The molecular formula is C15H23N3S. The Bertz CT molecular complexity index is 462. The maximum Gasteiger partial charge on any atom is 0.126 e. The molecule has 0 amide bonds. The van der Waals surface area contributed by atoms with E-state index in [4.69, 9.17) is 11.1 Å². The standard InChI is InChI=1S/C15H23N3S/c1-4-19-13-7-5-6-12(14(13)15(16)17)18-8-10(2)11(3)9-18/h5-7,10-11H,4,8-9H2,1-3H3,(H3,16,17). The first kappa shape index (κ1) is 14.3. The van der Waals surface area contributed by atoms with E-state index in [1.807, 2.05) is 0 Å². The lowest BCUT2D eigenvalue weighted by molar-refractivity contribution is 0.494. The van der Waals surface area contributed by atoms with Gasteiger partial charge in [0.1, 0.15) is 5.84 Å². The van der Waals surface area contributed by atoms with E-state index in [9.17, 15) is 0 Å². The third-order valence-electron chi connectivity index (χ3n) is 3.90. The molecule has 3 nitrogen and oxygen atoms in total. The van der Waals surface area contributed by atoms with E-state index in [-0.39, 0.29) is 5.84 Å². The van der Waals surface area contributed by atoms with Crippen LogP contribution in [0.1, 0.15) is 26.3 Å². The molecule has 2 unspecified atom stereocenters. The van der Waals surface area contributed by atoms with Crippen LogP contribution in [-0.2, 0) is 0 Å². The number of hydrogen-bond donors (Lipinski definition) is 2. The molecule has 19 heavy (non-hydrogen) atoms. The fourth-order valence-electron chi connectivity index (χ4n) is 2.66. The third-order valence-corrected chi connectivity index (χ3v) is 4.84. The van der Waals surface area contributed by atoms with Crippen LogP contribution in [0.15, 0.2) is 23.1 Å². The molecule has 1 saturated heterocycles. The van der Waals surface area contributed by atoms with E-state index < -0.39 is 0 Å². The lowest BCUT2D eigenvalue weighted by Crippen LogP contribution is -2.24. The number of nitrogen functional groups attached to an aromatic ring is 1. The predicted octanol–water partition coefficient (Wildman–Crippen LogP) is 3.17. The van der Waals surface area contributed by atoms with Crippen molar-refractivity contribution in [3.05, 3.63) is 23.8 Å².